The van der Waals surface area contributed by atoms with Gasteiger partial charge in [-0.3, -0.25) is 4.90 Å². The minimum absolute atomic E-state index is 0.320. The van der Waals surface area contributed by atoms with Crippen molar-refractivity contribution in [3.63, 3.8) is 0 Å². The van der Waals surface area contributed by atoms with Crippen molar-refractivity contribution in [3.8, 4) is 23.1 Å². The van der Waals surface area contributed by atoms with Gasteiger partial charge in [0.1, 0.15) is 11.5 Å². The zero-order valence-corrected chi connectivity index (χ0v) is 20.9. The number of hydrogen-bond donors (Lipinski definition) is 1. The van der Waals surface area contributed by atoms with Gasteiger partial charge < -0.3 is 19.3 Å². The molecule has 0 saturated carbocycles. The van der Waals surface area contributed by atoms with Crippen molar-refractivity contribution in [1.29, 1.82) is 0 Å². The maximum atomic E-state index is 10.5. The SMILES string of the molecule is CCOCC(O)CN(Cc1c(C)nn(-c2ccccc2)c1Oc1cccc(OC)c1)CC(C)C. The van der Waals surface area contributed by atoms with E-state index >= 15 is 0 Å². The van der Waals surface area contributed by atoms with Crippen molar-refractivity contribution in [2.24, 2.45) is 5.92 Å². The highest BCUT2D eigenvalue weighted by Crippen LogP contribution is 2.33. The second-order valence-electron chi connectivity index (χ2n) is 8.80. The smallest absolute Gasteiger partial charge is 0.227 e. The molecule has 1 N–H and O–H groups in total. The van der Waals surface area contributed by atoms with Crippen LogP contribution in [0.2, 0.25) is 0 Å². The van der Waals surface area contributed by atoms with Crippen LogP contribution in [0.1, 0.15) is 32.0 Å². The van der Waals surface area contributed by atoms with Crippen LogP contribution in [0, 0.1) is 12.8 Å². The normalized spacial score (nSPS) is 12.4. The van der Waals surface area contributed by atoms with Gasteiger partial charge in [-0.2, -0.15) is 5.10 Å². The molecule has 3 aromatic rings. The van der Waals surface area contributed by atoms with Crippen LogP contribution < -0.4 is 9.47 Å². The molecular formula is C27H37N3O4. The maximum absolute atomic E-state index is 10.5. The van der Waals surface area contributed by atoms with Crippen LogP contribution in [-0.4, -0.2) is 59.3 Å². The molecule has 3 rings (SSSR count). The van der Waals surface area contributed by atoms with Crippen LogP contribution in [0.5, 0.6) is 17.4 Å². The Balaban J connectivity index is 1.97. The van der Waals surface area contributed by atoms with E-state index in [1.165, 1.54) is 0 Å². The van der Waals surface area contributed by atoms with E-state index in [0.717, 1.165) is 29.2 Å². The molecule has 2 aromatic carbocycles. The Morgan fingerprint density at radius 3 is 2.44 bits per heavy atom. The molecule has 0 aliphatic heterocycles. The Kier molecular flexibility index (Phi) is 9.51. The summed E-state index contributed by atoms with van der Waals surface area (Å²) < 4.78 is 19.1. The van der Waals surface area contributed by atoms with E-state index in [1.807, 2.05) is 73.1 Å². The van der Waals surface area contributed by atoms with Crippen LogP contribution in [0.4, 0.5) is 0 Å². The summed E-state index contributed by atoms with van der Waals surface area (Å²) in [7, 11) is 1.64. The molecule has 0 fully saturated rings. The number of methoxy groups -OCH3 is 1. The number of para-hydroxylation sites is 1. The van der Waals surface area contributed by atoms with Gasteiger partial charge >= 0.3 is 0 Å². The lowest BCUT2D eigenvalue weighted by Crippen LogP contribution is -2.37. The number of nitrogens with zero attached hydrogens (tertiary/aromatic N) is 3. The van der Waals surface area contributed by atoms with Gasteiger partial charge in [0, 0.05) is 32.3 Å². The molecule has 0 amide bonds. The summed E-state index contributed by atoms with van der Waals surface area (Å²) in [5.41, 5.74) is 2.78. The lowest BCUT2D eigenvalue weighted by molar-refractivity contribution is 0.0173. The molecule has 0 bridgehead atoms. The molecule has 184 valence electrons. The van der Waals surface area contributed by atoms with Gasteiger partial charge in [0.15, 0.2) is 0 Å². The molecule has 0 saturated heterocycles. The monoisotopic (exact) mass is 467 g/mol. The third-order valence-corrected chi connectivity index (χ3v) is 5.38. The quantitative estimate of drug-likeness (QED) is 0.388. The number of rotatable bonds is 13. The lowest BCUT2D eigenvalue weighted by atomic mass is 10.1. The highest BCUT2D eigenvalue weighted by molar-refractivity contribution is 5.44. The molecule has 7 nitrogen and oxygen atoms in total. The Bertz CT molecular complexity index is 1020. The van der Waals surface area contributed by atoms with E-state index < -0.39 is 6.10 Å². The average molecular weight is 468 g/mol. The summed E-state index contributed by atoms with van der Waals surface area (Å²) in [4.78, 5) is 2.24. The zero-order valence-electron chi connectivity index (χ0n) is 20.9. The van der Waals surface area contributed by atoms with Gasteiger partial charge in [-0.05, 0) is 44.0 Å². The fourth-order valence-electron chi connectivity index (χ4n) is 3.89. The van der Waals surface area contributed by atoms with Crippen LogP contribution in [0.15, 0.2) is 54.6 Å². The minimum atomic E-state index is -0.564. The first-order valence-electron chi connectivity index (χ1n) is 11.8. The van der Waals surface area contributed by atoms with E-state index in [2.05, 4.69) is 18.7 Å². The van der Waals surface area contributed by atoms with Gasteiger partial charge in [0.05, 0.1) is 36.8 Å². The van der Waals surface area contributed by atoms with Crippen LogP contribution in [0.25, 0.3) is 5.69 Å². The molecule has 34 heavy (non-hydrogen) atoms. The standard InChI is InChI=1S/C27H37N3O4/c1-6-33-19-23(31)17-29(16-20(2)3)18-26-21(4)28-30(22-11-8-7-9-12-22)27(26)34-25-14-10-13-24(15-25)32-5/h7-15,20,23,31H,6,16-19H2,1-5H3. The predicted molar refractivity (Wildman–Crippen MR) is 134 cm³/mol. The van der Waals surface area contributed by atoms with Gasteiger partial charge in [-0.1, -0.05) is 38.1 Å². The number of aliphatic hydroxyl groups excluding tert-OH is 1. The minimum Gasteiger partial charge on any atom is -0.497 e. The van der Waals surface area contributed by atoms with Gasteiger partial charge in [-0.15, -0.1) is 0 Å². The number of aliphatic hydroxyl groups is 1. The molecular weight excluding hydrogens is 430 g/mol. The molecule has 0 spiro atoms. The maximum Gasteiger partial charge on any atom is 0.227 e. The number of aromatic nitrogens is 2. The summed E-state index contributed by atoms with van der Waals surface area (Å²) in [5.74, 6) is 2.49. The number of aryl methyl sites for hydroxylation is 1. The molecule has 7 heteroatoms. The van der Waals surface area contributed by atoms with Gasteiger partial charge in [0.2, 0.25) is 5.88 Å². The third kappa shape index (κ3) is 7.06. The van der Waals surface area contributed by atoms with Gasteiger partial charge in [-0.25, -0.2) is 4.68 Å². The summed E-state index contributed by atoms with van der Waals surface area (Å²) in [6, 6.07) is 17.5. The van der Waals surface area contributed by atoms with E-state index in [0.29, 0.717) is 43.9 Å². The first-order valence-corrected chi connectivity index (χ1v) is 11.8. The van der Waals surface area contributed by atoms with E-state index in [9.17, 15) is 5.11 Å². The molecule has 1 atom stereocenters. The topological polar surface area (TPSA) is 69.0 Å². The van der Waals surface area contributed by atoms with Crippen molar-refractivity contribution >= 4 is 0 Å². The largest absolute Gasteiger partial charge is 0.497 e. The average Bonchev–Trinajstić information content (AvgIpc) is 3.12. The number of ether oxygens (including phenoxy) is 3. The first kappa shape index (κ1) is 25.7. The summed E-state index contributed by atoms with van der Waals surface area (Å²) in [6.45, 7) is 11.1. The Hall–Kier alpha value is -2.87. The van der Waals surface area contributed by atoms with Crippen LogP contribution >= 0.6 is 0 Å². The molecule has 1 heterocycles. The summed E-state index contributed by atoms with van der Waals surface area (Å²) in [6.07, 6.45) is -0.564. The highest BCUT2D eigenvalue weighted by atomic mass is 16.5. The zero-order chi connectivity index (χ0) is 24.5. The lowest BCUT2D eigenvalue weighted by Gasteiger charge is -2.27. The van der Waals surface area contributed by atoms with Crippen LogP contribution in [-0.2, 0) is 11.3 Å². The summed E-state index contributed by atoms with van der Waals surface area (Å²) >= 11 is 0. The first-order chi connectivity index (χ1) is 16.4. The number of hydrogen-bond acceptors (Lipinski definition) is 6. The fourth-order valence-corrected chi connectivity index (χ4v) is 3.89. The Morgan fingerprint density at radius 1 is 1.03 bits per heavy atom. The predicted octanol–water partition coefficient (Wildman–Crippen LogP) is 4.84. The van der Waals surface area contributed by atoms with Crippen LogP contribution in [0.3, 0.4) is 0 Å². The Morgan fingerprint density at radius 2 is 1.76 bits per heavy atom. The van der Waals surface area contributed by atoms with Crippen molar-refractivity contribution in [3.05, 3.63) is 65.9 Å². The summed E-state index contributed by atoms with van der Waals surface area (Å²) in [5, 5.41) is 15.4. The second-order valence-corrected chi connectivity index (χ2v) is 8.80. The van der Waals surface area contributed by atoms with Gasteiger partial charge in [0.25, 0.3) is 0 Å². The highest BCUT2D eigenvalue weighted by Gasteiger charge is 2.23. The van der Waals surface area contributed by atoms with Crippen molar-refractivity contribution < 1.29 is 19.3 Å². The molecule has 1 aromatic heterocycles. The molecule has 0 aliphatic rings. The molecule has 1 unspecified atom stereocenters. The van der Waals surface area contributed by atoms with E-state index in [1.54, 1.807) is 7.11 Å². The molecule has 0 radical (unpaired) electrons. The van der Waals surface area contributed by atoms with Crippen molar-refractivity contribution in [1.82, 2.24) is 14.7 Å². The van der Waals surface area contributed by atoms with E-state index in [4.69, 9.17) is 19.3 Å². The Labute approximate surface area is 202 Å². The fraction of sp³-hybridized carbons (Fsp3) is 0.444. The number of benzene rings is 2. The molecule has 0 aliphatic carbocycles. The van der Waals surface area contributed by atoms with E-state index in [-0.39, 0.29) is 0 Å². The van der Waals surface area contributed by atoms with Crippen molar-refractivity contribution in [2.45, 2.75) is 40.3 Å². The second kappa shape index (κ2) is 12.6. The van der Waals surface area contributed by atoms with Crippen molar-refractivity contribution in [2.75, 3.05) is 33.4 Å². The third-order valence-electron chi connectivity index (χ3n) is 5.38.